The minimum Gasteiger partial charge on any atom is -0.307 e. The predicted molar refractivity (Wildman–Crippen MR) is 98.7 cm³/mol. The maximum Gasteiger partial charge on any atom is 0.332 e. The Kier molecular flexibility index (Phi) is 5.06. The number of hydrogen-bond donors (Lipinski definition) is 1. The van der Waals surface area contributed by atoms with Gasteiger partial charge in [-0.3, -0.25) is 4.99 Å². The number of hydrogen-bond acceptors (Lipinski definition) is 3. The van der Waals surface area contributed by atoms with E-state index < -0.39 is 5.82 Å². The molecule has 124 valence electrons. The topological polar surface area (TPSA) is 44.7 Å². The lowest BCUT2D eigenvalue weighted by atomic mass is 10.3. The summed E-state index contributed by atoms with van der Waals surface area (Å²) in [6, 6.07) is 12.9. The highest BCUT2D eigenvalue weighted by atomic mass is 35.5. The summed E-state index contributed by atoms with van der Waals surface area (Å²) >= 11 is 7.37. The number of carbonyl (C=O) groups excluding carboxylic acids is 1. The zero-order valence-electron chi connectivity index (χ0n) is 12.9. The molecule has 0 aliphatic carbocycles. The molecule has 1 unspecified atom stereocenters. The van der Waals surface area contributed by atoms with E-state index in [1.165, 1.54) is 34.9 Å². The third-order valence-corrected chi connectivity index (χ3v) is 4.73. The van der Waals surface area contributed by atoms with E-state index in [4.69, 9.17) is 11.6 Å². The van der Waals surface area contributed by atoms with Crippen LogP contribution in [0.25, 0.3) is 0 Å². The van der Waals surface area contributed by atoms with Crippen LogP contribution in [0, 0.1) is 5.82 Å². The molecular weight excluding hydrogens is 349 g/mol. The number of nitrogens with one attached hydrogen (secondary N) is 1. The van der Waals surface area contributed by atoms with Crippen molar-refractivity contribution >= 4 is 45.9 Å². The first-order valence-corrected chi connectivity index (χ1v) is 8.62. The van der Waals surface area contributed by atoms with Crippen LogP contribution in [0.15, 0.2) is 53.5 Å². The molecule has 1 N–H and O–H groups in total. The zero-order chi connectivity index (χ0) is 17.1. The van der Waals surface area contributed by atoms with Crippen molar-refractivity contribution in [3.63, 3.8) is 0 Å². The van der Waals surface area contributed by atoms with Crippen LogP contribution in [0.5, 0.6) is 0 Å². The molecule has 1 atom stereocenters. The van der Waals surface area contributed by atoms with Crippen LogP contribution >= 0.6 is 23.4 Å². The highest BCUT2D eigenvalue weighted by Gasteiger charge is 2.28. The number of anilines is 2. The Morgan fingerprint density at radius 2 is 2.08 bits per heavy atom. The van der Waals surface area contributed by atoms with Gasteiger partial charge in [0, 0.05) is 10.9 Å². The maximum atomic E-state index is 13.5. The van der Waals surface area contributed by atoms with Crippen LogP contribution in [0.4, 0.5) is 20.6 Å². The number of amidine groups is 1. The van der Waals surface area contributed by atoms with Crippen molar-refractivity contribution in [2.24, 2.45) is 4.99 Å². The lowest BCUT2D eigenvalue weighted by molar-refractivity contribution is 0.259. The molecule has 0 fully saturated rings. The third kappa shape index (κ3) is 3.71. The average molecular weight is 364 g/mol. The van der Waals surface area contributed by atoms with Crippen molar-refractivity contribution in [3.8, 4) is 0 Å². The monoisotopic (exact) mass is 363 g/mol. The molecule has 0 spiro atoms. The molecule has 1 aliphatic heterocycles. The number of halogens is 2. The van der Waals surface area contributed by atoms with Gasteiger partial charge in [0.1, 0.15) is 5.82 Å². The molecule has 4 nitrogen and oxygen atoms in total. The van der Waals surface area contributed by atoms with E-state index in [1.807, 2.05) is 25.1 Å². The van der Waals surface area contributed by atoms with Gasteiger partial charge in [0.25, 0.3) is 0 Å². The highest BCUT2D eigenvalue weighted by molar-refractivity contribution is 8.15. The summed E-state index contributed by atoms with van der Waals surface area (Å²) in [4.78, 5) is 18.6. The molecule has 0 aromatic heterocycles. The predicted octanol–water partition coefficient (Wildman–Crippen LogP) is 5.01. The Labute approximate surface area is 148 Å². The fraction of sp³-hybridized carbons (Fsp3) is 0.176. The van der Waals surface area contributed by atoms with Crippen LogP contribution in [0.2, 0.25) is 5.02 Å². The molecule has 24 heavy (non-hydrogen) atoms. The summed E-state index contributed by atoms with van der Waals surface area (Å²) in [5.41, 5.74) is 1.13. The number of carbonyl (C=O) groups is 1. The summed E-state index contributed by atoms with van der Waals surface area (Å²) in [7, 11) is 0. The minimum atomic E-state index is -0.529. The molecule has 7 heteroatoms. The molecule has 0 radical (unpaired) electrons. The van der Waals surface area contributed by atoms with Gasteiger partial charge < -0.3 is 5.32 Å². The first kappa shape index (κ1) is 16.8. The molecule has 0 bridgehead atoms. The summed E-state index contributed by atoms with van der Waals surface area (Å²) in [5, 5.41) is 3.63. The number of nitrogens with zero attached hydrogens (tertiary/aromatic N) is 2. The zero-order valence-corrected chi connectivity index (χ0v) is 14.4. The van der Waals surface area contributed by atoms with Crippen molar-refractivity contribution in [2.45, 2.75) is 12.2 Å². The van der Waals surface area contributed by atoms with E-state index in [1.54, 1.807) is 12.1 Å². The Balaban J connectivity index is 1.92. The molecule has 2 aromatic carbocycles. The summed E-state index contributed by atoms with van der Waals surface area (Å²) in [5.74, 6) is -0.529. The molecule has 3 rings (SSSR count). The second kappa shape index (κ2) is 7.23. The van der Waals surface area contributed by atoms with E-state index >= 15 is 0 Å². The SMILES string of the molecule is CC1CN=C(N(C(=O)Nc2ccccc2)c2ccc(F)c(Cl)c2)S1. The van der Waals surface area contributed by atoms with E-state index in [9.17, 15) is 9.18 Å². The van der Waals surface area contributed by atoms with Gasteiger partial charge in [0.05, 0.1) is 17.3 Å². The van der Waals surface area contributed by atoms with E-state index in [2.05, 4.69) is 10.3 Å². The molecule has 0 saturated heterocycles. The van der Waals surface area contributed by atoms with Crippen LogP contribution in [0.1, 0.15) is 6.92 Å². The lowest BCUT2D eigenvalue weighted by Crippen LogP contribution is -2.38. The van der Waals surface area contributed by atoms with Gasteiger partial charge in [-0.1, -0.05) is 48.5 Å². The summed E-state index contributed by atoms with van der Waals surface area (Å²) < 4.78 is 13.5. The third-order valence-electron chi connectivity index (χ3n) is 3.37. The van der Waals surface area contributed by atoms with Gasteiger partial charge in [0.2, 0.25) is 0 Å². The van der Waals surface area contributed by atoms with Crippen molar-refractivity contribution < 1.29 is 9.18 Å². The largest absolute Gasteiger partial charge is 0.332 e. The molecule has 0 saturated carbocycles. The first-order valence-electron chi connectivity index (χ1n) is 7.37. The number of rotatable bonds is 2. The fourth-order valence-electron chi connectivity index (χ4n) is 2.22. The number of para-hydroxylation sites is 1. The maximum absolute atomic E-state index is 13.5. The van der Waals surface area contributed by atoms with Crippen molar-refractivity contribution in [3.05, 3.63) is 59.4 Å². The quantitative estimate of drug-likeness (QED) is 0.815. The van der Waals surface area contributed by atoms with E-state index in [-0.39, 0.29) is 16.3 Å². The van der Waals surface area contributed by atoms with Crippen LogP contribution in [0.3, 0.4) is 0 Å². The first-order chi connectivity index (χ1) is 11.5. The van der Waals surface area contributed by atoms with Gasteiger partial charge in [-0.2, -0.15) is 0 Å². The van der Waals surface area contributed by atoms with Crippen LogP contribution in [-0.4, -0.2) is 23.0 Å². The van der Waals surface area contributed by atoms with Crippen LogP contribution in [-0.2, 0) is 0 Å². The lowest BCUT2D eigenvalue weighted by Gasteiger charge is -2.23. The smallest absolute Gasteiger partial charge is 0.307 e. The Morgan fingerprint density at radius 1 is 1.33 bits per heavy atom. The molecular formula is C17H15ClFN3OS. The molecule has 2 amide bonds. The molecule has 1 aliphatic rings. The Hall–Kier alpha value is -2.05. The Bertz CT molecular complexity index is 785. The second-order valence-electron chi connectivity index (χ2n) is 5.28. The van der Waals surface area contributed by atoms with Gasteiger partial charge >= 0.3 is 6.03 Å². The van der Waals surface area contributed by atoms with Gasteiger partial charge in [-0.15, -0.1) is 0 Å². The number of amides is 2. The average Bonchev–Trinajstić information content (AvgIpc) is 2.98. The Morgan fingerprint density at radius 3 is 2.71 bits per heavy atom. The molecule has 1 heterocycles. The molecule has 2 aromatic rings. The number of thioether (sulfide) groups is 1. The van der Waals surface area contributed by atoms with Crippen molar-refractivity contribution in [1.29, 1.82) is 0 Å². The van der Waals surface area contributed by atoms with E-state index in [0.29, 0.717) is 23.1 Å². The van der Waals surface area contributed by atoms with Gasteiger partial charge in [-0.25, -0.2) is 14.1 Å². The van der Waals surface area contributed by atoms with Gasteiger partial charge in [0.15, 0.2) is 5.17 Å². The summed E-state index contributed by atoms with van der Waals surface area (Å²) in [6.07, 6.45) is 0. The number of aliphatic imine (C=N–C) groups is 1. The van der Waals surface area contributed by atoms with E-state index in [0.717, 1.165) is 0 Å². The number of benzene rings is 2. The highest BCUT2D eigenvalue weighted by Crippen LogP contribution is 2.30. The standard InChI is InChI=1S/C17H15ClFN3OS/c1-11-10-20-17(24-11)22(13-7-8-15(19)14(18)9-13)16(23)21-12-5-3-2-4-6-12/h2-9,11H,10H2,1H3,(H,21,23). The number of urea groups is 1. The minimum absolute atomic E-state index is 0.0401. The van der Waals surface area contributed by atoms with Gasteiger partial charge in [-0.05, 0) is 30.3 Å². The van der Waals surface area contributed by atoms with Crippen LogP contribution < -0.4 is 10.2 Å². The fourth-order valence-corrected chi connectivity index (χ4v) is 3.35. The normalized spacial score (nSPS) is 16.6. The summed E-state index contributed by atoms with van der Waals surface area (Å²) in [6.45, 7) is 2.66. The van der Waals surface area contributed by atoms with Crippen molar-refractivity contribution in [2.75, 3.05) is 16.8 Å². The second-order valence-corrected chi connectivity index (χ2v) is 7.09. The van der Waals surface area contributed by atoms with Crippen molar-refractivity contribution in [1.82, 2.24) is 0 Å².